The zero-order chi connectivity index (χ0) is 22.4. The maximum atomic E-state index is 5.04. The normalized spacial score (nSPS) is 20.0. The average molecular weight is 439 g/mol. The first-order valence-electron chi connectivity index (χ1n) is 12.1. The SMILES string of the molecule is Cc1cc(C)nc(Cc2nc(Cc3ccn4ccnc4c3)cc(N3C[C@H]4CCC[C@H]4C3)n2)c1. The van der Waals surface area contributed by atoms with Crippen molar-refractivity contribution in [1.82, 2.24) is 24.3 Å². The van der Waals surface area contributed by atoms with Gasteiger partial charge in [0.15, 0.2) is 0 Å². The molecule has 5 heterocycles. The first-order valence-corrected chi connectivity index (χ1v) is 12.1. The minimum absolute atomic E-state index is 0.656. The summed E-state index contributed by atoms with van der Waals surface area (Å²) in [5, 5.41) is 0. The van der Waals surface area contributed by atoms with Gasteiger partial charge in [-0.25, -0.2) is 15.0 Å². The van der Waals surface area contributed by atoms with E-state index in [9.17, 15) is 0 Å². The zero-order valence-corrected chi connectivity index (χ0v) is 19.4. The molecule has 2 aliphatic rings. The van der Waals surface area contributed by atoms with Crippen molar-refractivity contribution >= 4 is 11.5 Å². The molecular weight excluding hydrogens is 408 g/mol. The predicted octanol–water partition coefficient (Wildman–Crippen LogP) is 4.55. The van der Waals surface area contributed by atoms with Gasteiger partial charge in [-0.15, -0.1) is 0 Å². The Balaban J connectivity index is 1.33. The van der Waals surface area contributed by atoms with Crippen LogP contribution in [0.25, 0.3) is 5.65 Å². The molecule has 0 spiro atoms. The molecule has 1 aliphatic heterocycles. The highest BCUT2D eigenvalue weighted by molar-refractivity contribution is 5.45. The lowest BCUT2D eigenvalue weighted by molar-refractivity contribution is 0.494. The van der Waals surface area contributed by atoms with E-state index < -0.39 is 0 Å². The lowest BCUT2D eigenvalue weighted by Gasteiger charge is -2.20. The Morgan fingerprint density at radius 2 is 1.70 bits per heavy atom. The van der Waals surface area contributed by atoms with Gasteiger partial charge >= 0.3 is 0 Å². The van der Waals surface area contributed by atoms with Gasteiger partial charge in [0.05, 0.1) is 12.1 Å². The summed E-state index contributed by atoms with van der Waals surface area (Å²) in [6, 6.07) is 10.8. The third-order valence-electron chi connectivity index (χ3n) is 7.20. The van der Waals surface area contributed by atoms with Gasteiger partial charge in [0.25, 0.3) is 0 Å². The summed E-state index contributed by atoms with van der Waals surface area (Å²) in [5.41, 5.74) is 6.55. The average Bonchev–Trinajstić information content (AvgIpc) is 3.49. The van der Waals surface area contributed by atoms with Crippen molar-refractivity contribution in [2.75, 3.05) is 18.0 Å². The Morgan fingerprint density at radius 1 is 0.879 bits per heavy atom. The van der Waals surface area contributed by atoms with Crippen molar-refractivity contribution in [1.29, 1.82) is 0 Å². The van der Waals surface area contributed by atoms with Gasteiger partial charge in [-0.3, -0.25) is 4.98 Å². The van der Waals surface area contributed by atoms with Crippen LogP contribution >= 0.6 is 0 Å². The number of fused-ring (bicyclic) bond motifs is 2. The minimum atomic E-state index is 0.656. The molecule has 168 valence electrons. The van der Waals surface area contributed by atoms with Crippen molar-refractivity contribution in [3.8, 4) is 0 Å². The summed E-state index contributed by atoms with van der Waals surface area (Å²) >= 11 is 0. The molecule has 6 rings (SSSR count). The predicted molar refractivity (Wildman–Crippen MR) is 130 cm³/mol. The molecule has 4 aromatic rings. The molecular formula is C27H30N6. The van der Waals surface area contributed by atoms with Gasteiger partial charge in [0.1, 0.15) is 17.3 Å². The second kappa shape index (κ2) is 8.25. The molecule has 0 unspecified atom stereocenters. The number of imidazole rings is 1. The van der Waals surface area contributed by atoms with Gasteiger partial charge in [0.2, 0.25) is 0 Å². The Labute approximate surface area is 194 Å². The van der Waals surface area contributed by atoms with Crippen LogP contribution in [-0.2, 0) is 12.8 Å². The lowest BCUT2D eigenvalue weighted by Crippen LogP contribution is -2.23. The van der Waals surface area contributed by atoms with Crippen LogP contribution in [0.2, 0.25) is 0 Å². The Kier molecular flexibility index (Phi) is 5.08. The first-order chi connectivity index (χ1) is 16.1. The summed E-state index contributed by atoms with van der Waals surface area (Å²) < 4.78 is 2.04. The fraction of sp³-hybridized carbons (Fsp3) is 0.407. The Hall–Kier alpha value is -3.28. The van der Waals surface area contributed by atoms with E-state index in [1.54, 1.807) is 0 Å². The molecule has 33 heavy (non-hydrogen) atoms. The van der Waals surface area contributed by atoms with E-state index in [4.69, 9.17) is 15.0 Å². The highest BCUT2D eigenvalue weighted by Gasteiger charge is 2.36. The minimum Gasteiger partial charge on any atom is -0.356 e. The molecule has 1 saturated heterocycles. The van der Waals surface area contributed by atoms with Crippen molar-refractivity contribution in [2.24, 2.45) is 11.8 Å². The number of hydrogen-bond donors (Lipinski definition) is 0. The van der Waals surface area contributed by atoms with Crippen LogP contribution < -0.4 is 4.90 Å². The smallest absolute Gasteiger partial charge is 0.136 e. The van der Waals surface area contributed by atoms with E-state index in [2.05, 4.69) is 53.3 Å². The zero-order valence-electron chi connectivity index (χ0n) is 19.4. The van der Waals surface area contributed by atoms with Gasteiger partial charge < -0.3 is 9.30 Å². The number of hydrogen-bond acceptors (Lipinski definition) is 5. The van der Waals surface area contributed by atoms with E-state index in [1.807, 2.05) is 23.7 Å². The molecule has 4 aromatic heterocycles. The standard InChI is InChI=1S/C27H30N6/c1-18-10-19(2)29-23(11-18)14-25-30-24(12-20-6-8-32-9-7-28-26(32)13-20)15-27(31-25)33-16-21-4-3-5-22(21)17-33/h6-11,13,15,21-22H,3-5,12,14,16-17H2,1-2H3/t21-,22+. The number of anilines is 1. The molecule has 0 aromatic carbocycles. The molecule has 0 bridgehead atoms. The topological polar surface area (TPSA) is 59.2 Å². The van der Waals surface area contributed by atoms with Crippen molar-refractivity contribution < 1.29 is 0 Å². The van der Waals surface area contributed by atoms with Gasteiger partial charge in [-0.05, 0) is 73.9 Å². The van der Waals surface area contributed by atoms with Crippen molar-refractivity contribution in [3.63, 3.8) is 0 Å². The maximum absolute atomic E-state index is 5.04. The highest BCUT2D eigenvalue weighted by Crippen LogP contribution is 2.39. The number of nitrogens with zero attached hydrogens (tertiary/aromatic N) is 6. The summed E-state index contributed by atoms with van der Waals surface area (Å²) in [4.78, 5) is 21.7. The Morgan fingerprint density at radius 3 is 2.52 bits per heavy atom. The second-order valence-electron chi connectivity index (χ2n) is 9.85. The van der Waals surface area contributed by atoms with E-state index in [0.717, 1.165) is 65.7 Å². The lowest BCUT2D eigenvalue weighted by atomic mass is 10.0. The molecule has 1 aliphatic carbocycles. The fourth-order valence-corrected chi connectivity index (χ4v) is 5.74. The fourth-order valence-electron chi connectivity index (χ4n) is 5.74. The quantitative estimate of drug-likeness (QED) is 0.457. The Bertz CT molecular complexity index is 1280. The number of pyridine rings is 2. The van der Waals surface area contributed by atoms with Crippen LogP contribution in [0.5, 0.6) is 0 Å². The van der Waals surface area contributed by atoms with E-state index in [1.165, 1.54) is 30.4 Å². The molecule has 0 amide bonds. The van der Waals surface area contributed by atoms with Gasteiger partial charge in [0, 0.05) is 55.6 Å². The summed E-state index contributed by atoms with van der Waals surface area (Å²) in [7, 11) is 0. The molecule has 2 fully saturated rings. The van der Waals surface area contributed by atoms with E-state index >= 15 is 0 Å². The summed E-state index contributed by atoms with van der Waals surface area (Å²) in [6.07, 6.45) is 11.4. The third-order valence-corrected chi connectivity index (χ3v) is 7.20. The monoisotopic (exact) mass is 438 g/mol. The second-order valence-corrected chi connectivity index (χ2v) is 9.85. The number of rotatable bonds is 5. The molecule has 0 N–H and O–H groups in total. The third kappa shape index (κ3) is 4.22. The van der Waals surface area contributed by atoms with Crippen LogP contribution in [-0.4, -0.2) is 37.4 Å². The van der Waals surface area contributed by atoms with Crippen molar-refractivity contribution in [3.05, 3.63) is 83.0 Å². The highest BCUT2D eigenvalue weighted by atomic mass is 15.2. The molecule has 6 heteroatoms. The van der Waals surface area contributed by atoms with Crippen LogP contribution in [0.15, 0.2) is 48.9 Å². The summed E-state index contributed by atoms with van der Waals surface area (Å²) in [6.45, 7) is 6.43. The molecule has 0 radical (unpaired) electrons. The van der Waals surface area contributed by atoms with Gasteiger partial charge in [-0.2, -0.15) is 0 Å². The van der Waals surface area contributed by atoms with Crippen molar-refractivity contribution in [2.45, 2.75) is 46.0 Å². The maximum Gasteiger partial charge on any atom is 0.136 e. The van der Waals surface area contributed by atoms with Crippen LogP contribution in [0.4, 0.5) is 5.82 Å². The first kappa shape index (κ1) is 20.3. The van der Waals surface area contributed by atoms with E-state index in [0.29, 0.717) is 6.42 Å². The molecule has 1 saturated carbocycles. The van der Waals surface area contributed by atoms with Crippen LogP contribution in [0, 0.1) is 25.7 Å². The number of aryl methyl sites for hydroxylation is 2. The van der Waals surface area contributed by atoms with Crippen LogP contribution in [0.1, 0.15) is 53.3 Å². The molecule has 6 nitrogen and oxygen atoms in total. The largest absolute Gasteiger partial charge is 0.356 e. The number of aromatic nitrogens is 5. The van der Waals surface area contributed by atoms with Crippen LogP contribution in [0.3, 0.4) is 0 Å². The van der Waals surface area contributed by atoms with Gasteiger partial charge in [-0.1, -0.05) is 6.42 Å². The summed E-state index contributed by atoms with van der Waals surface area (Å²) in [5.74, 6) is 3.60. The van der Waals surface area contributed by atoms with E-state index in [-0.39, 0.29) is 0 Å². The molecule has 2 atom stereocenters.